The Kier molecular flexibility index (Phi) is 4.18. The summed E-state index contributed by atoms with van der Waals surface area (Å²) in [6.07, 6.45) is 0. The molecule has 0 saturated heterocycles. The lowest BCUT2D eigenvalue weighted by atomic mass is 10.0. The van der Waals surface area contributed by atoms with E-state index < -0.39 is 0 Å². The van der Waals surface area contributed by atoms with Crippen LogP contribution in [0.3, 0.4) is 0 Å². The monoisotopic (exact) mass is 244 g/mol. The van der Waals surface area contributed by atoms with E-state index in [0.29, 0.717) is 6.54 Å². The number of nitrogens with one attached hydrogen (secondary N) is 1. The summed E-state index contributed by atoms with van der Waals surface area (Å²) >= 11 is 0. The molecule has 0 bridgehead atoms. The Morgan fingerprint density at radius 1 is 1.17 bits per heavy atom. The summed E-state index contributed by atoms with van der Waals surface area (Å²) in [4.78, 5) is 0. The summed E-state index contributed by atoms with van der Waals surface area (Å²) in [7, 11) is 1.69. The van der Waals surface area contributed by atoms with E-state index in [1.165, 1.54) is 16.3 Å². The van der Waals surface area contributed by atoms with Crippen LogP contribution in [0.4, 0.5) is 0 Å². The summed E-state index contributed by atoms with van der Waals surface area (Å²) in [6.45, 7) is 3.62. The highest BCUT2D eigenvalue weighted by Gasteiger charge is 2.08. The predicted molar refractivity (Wildman–Crippen MR) is 76.0 cm³/mol. The van der Waals surface area contributed by atoms with Crippen molar-refractivity contribution in [3.05, 3.63) is 42.0 Å². The van der Waals surface area contributed by atoms with Crippen molar-refractivity contribution in [2.45, 2.75) is 13.0 Å². The highest BCUT2D eigenvalue weighted by Crippen LogP contribution is 2.24. The van der Waals surface area contributed by atoms with Crippen molar-refractivity contribution in [3.63, 3.8) is 0 Å². The third kappa shape index (κ3) is 2.63. The molecule has 18 heavy (non-hydrogen) atoms. The summed E-state index contributed by atoms with van der Waals surface area (Å²) in [5.74, 6) is 0.886. The van der Waals surface area contributed by atoms with E-state index in [0.717, 1.165) is 12.3 Å². The molecule has 0 spiro atoms. The van der Waals surface area contributed by atoms with Crippen molar-refractivity contribution in [1.82, 2.24) is 5.32 Å². The Morgan fingerprint density at radius 3 is 2.56 bits per heavy atom. The van der Waals surface area contributed by atoms with Gasteiger partial charge in [0.25, 0.3) is 0 Å². The van der Waals surface area contributed by atoms with E-state index >= 15 is 0 Å². The number of hydrogen-bond acceptors (Lipinski definition) is 3. The van der Waals surface area contributed by atoms with Crippen LogP contribution >= 0.6 is 0 Å². The lowest BCUT2D eigenvalue weighted by Gasteiger charge is -2.16. The van der Waals surface area contributed by atoms with Crippen molar-refractivity contribution in [3.8, 4) is 5.75 Å². The number of hydrogen-bond donors (Lipinski definition) is 2. The van der Waals surface area contributed by atoms with Crippen LogP contribution in [-0.2, 0) is 0 Å². The molecule has 0 fully saturated rings. The Balaban J connectivity index is 2.37. The third-order valence-electron chi connectivity index (χ3n) is 3.16. The molecule has 0 aliphatic rings. The van der Waals surface area contributed by atoms with Gasteiger partial charge in [-0.2, -0.15) is 0 Å². The number of benzene rings is 2. The smallest absolute Gasteiger partial charge is 0.119 e. The van der Waals surface area contributed by atoms with Gasteiger partial charge >= 0.3 is 0 Å². The molecule has 2 aromatic rings. The van der Waals surface area contributed by atoms with E-state index in [-0.39, 0.29) is 6.04 Å². The van der Waals surface area contributed by atoms with Gasteiger partial charge in [0.15, 0.2) is 0 Å². The minimum atomic E-state index is 0.224. The zero-order valence-electron chi connectivity index (χ0n) is 10.9. The zero-order chi connectivity index (χ0) is 13.0. The largest absolute Gasteiger partial charge is 0.497 e. The Labute approximate surface area is 108 Å². The molecule has 1 atom stereocenters. The molecule has 0 radical (unpaired) electrons. The molecular formula is C15H20N2O. The minimum Gasteiger partial charge on any atom is -0.497 e. The molecule has 96 valence electrons. The third-order valence-corrected chi connectivity index (χ3v) is 3.16. The van der Waals surface area contributed by atoms with Crippen LogP contribution < -0.4 is 15.8 Å². The van der Waals surface area contributed by atoms with Gasteiger partial charge in [-0.15, -0.1) is 0 Å². The number of methoxy groups -OCH3 is 1. The molecule has 0 aliphatic heterocycles. The maximum absolute atomic E-state index is 5.80. The summed E-state index contributed by atoms with van der Waals surface area (Å²) < 4.78 is 5.23. The Hall–Kier alpha value is -1.58. The second-order valence-electron chi connectivity index (χ2n) is 4.32. The average molecular weight is 244 g/mol. The second-order valence-corrected chi connectivity index (χ2v) is 4.32. The predicted octanol–water partition coefficient (Wildman–Crippen LogP) is 2.46. The maximum atomic E-state index is 5.80. The van der Waals surface area contributed by atoms with Crippen LogP contribution in [0.2, 0.25) is 0 Å². The molecule has 1 unspecified atom stereocenters. The minimum absolute atomic E-state index is 0.224. The van der Waals surface area contributed by atoms with E-state index in [4.69, 9.17) is 10.5 Å². The fourth-order valence-corrected chi connectivity index (χ4v) is 2.17. The van der Waals surface area contributed by atoms with Crippen molar-refractivity contribution in [2.75, 3.05) is 20.2 Å². The SMILES string of the molecule is CCNC(CN)c1ccc2cc(OC)ccc2c1. The van der Waals surface area contributed by atoms with E-state index in [9.17, 15) is 0 Å². The number of likely N-dealkylation sites (N-methyl/N-ethyl adjacent to an activating group) is 1. The van der Waals surface area contributed by atoms with Crippen LogP contribution in [0.25, 0.3) is 10.8 Å². The molecule has 3 heteroatoms. The molecule has 2 rings (SSSR count). The maximum Gasteiger partial charge on any atom is 0.119 e. The molecule has 0 aliphatic carbocycles. The summed E-state index contributed by atoms with van der Waals surface area (Å²) in [6, 6.07) is 12.8. The van der Waals surface area contributed by atoms with Crippen LogP contribution in [0.15, 0.2) is 36.4 Å². The fourth-order valence-electron chi connectivity index (χ4n) is 2.17. The first-order valence-corrected chi connectivity index (χ1v) is 6.29. The van der Waals surface area contributed by atoms with Gasteiger partial charge in [0.2, 0.25) is 0 Å². The fraction of sp³-hybridized carbons (Fsp3) is 0.333. The van der Waals surface area contributed by atoms with Crippen molar-refractivity contribution in [2.24, 2.45) is 5.73 Å². The summed E-state index contributed by atoms with van der Waals surface area (Å²) in [5, 5.41) is 5.78. The van der Waals surface area contributed by atoms with Crippen molar-refractivity contribution >= 4 is 10.8 Å². The topological polar surface area (TPSA) is 47.3 Å². The molecule has 3 N–H and O–H groups in total. The first-order valence-electron chi connectivity index (χ1n) is 6.29. The lowest BCUT2D eigenvalue weighted by Crippen LogP contribution is -2.27. The summed E-state index contributed by atoms with van der Waals surface area (Å²) in [5.41, 5.74) is 7.03. The second kappa shape index (κ2) is 5.85. The van der Waals surface area contributed by atoms with Crippen LogP contribution in [0, 0.1) is 0 Å². The molecule has 2 aromatic carbocycles. The van der Waals surface area contributed by atoms with Crippen LogP contribution in [0.1, 0.15) is 18.5 Å². The highest BCUT2D eigenvalue weighted by molar-refractivity contribution is 5.84. The first-order chi connectivity index (χ1) is 8.78. The van der Waals surface area contributed by atoms with Gasteiger partial charge in [0, 0.05) is 12.6 Å². The molecular weight excluding hydrogens is 224 g/mol. The molecule has 3 nitrogen and oxygen atoms in total. The molecule has 0 amide bonds. The number of nitrogens with two attached hydrogens (primary N) is 1. The van der Waals surface area contributed by atoms with Crippen molar-refractivity contribution in [1.29, 1.82) is 0 Å². The molecule has 0 heterocycles. The number of rotatable bonds is 5. The molecule has 0 saturated carbocycles. The van der Waals surface area contributed by atoms with Gasteiger partial charge in [-0.3, -0.25) is 0 Å². The number of fused-ring (bicyclic) bond motifs is 1. The van der Waals surface area contributed by atoms with Gasteiger partial charge < -0.3 is 15.8 Å². The highest BCUT2D eigenvalue weighted by atomic mass is 16.5. The first kappa shape index (κ1) is 12.9. The van der Waals surface area contributed by atoms with Gasteiger partial charge in [0.05, 0.1) is 7.11 Å². The lowest BCUT2D eigenvalue weighted by molar-refractivity contribution is 0.415. The van der Waals surface area contributed by atoms with Gasteiger partial charge in [0.1, 0.15) is 5.75 Å². The van der Waals surface area contributed by atoms with E-state index in [1.54, 1.807) is 7.11 Å². The zero-order valence-corrected chi connectivity index (χ0v) is 10.9. The Morgan fingerprint density at radius 2 is 1.89 bits per heavy atom. The van der Waals surface area contributed by atoms with Gasteiger partial charge in [-0.05, 0) is 41.1 Å². The van der Waals surface area contributed by atoms with Crippen molar-refractivity contribution < 1.29 is 4.74 Å². The van der Waals surface area contributed by atoms with Crippen LogP contribution in [-0.4, -0.2) is 20.2 Å². The van der Waals surface area contributed by atoms with Gasteiger partial charge in [-0.25, -0.2) is 0 Å². The normalized spacial score (nSPS) is 12.6. The van der Waals surface area contributed by atoms with Crippen LogP contribution in [0.5, 0.6) is 5.75 Å². The quantitative estimate of drug-likeness (QED) is 0.849. The standard InChI is InChI=1S/C15H20N2O/c1-3-17-15(10-16)13-5-4-12-9-14(18-2)7-6-11(12)8-13/h4-9,15,17H,3,10,16H2,1-2H3. The molecule has 0 aromatic heterocycles. The number of ether oxygens (including phenoxy) is 1. The van der Waals surface area contributed by atoms with E-state index in [2.05, 4.69) is 36.5 Å². The van der Waals surface area contributed by atoms with Gasteiger partial charge in [-0.1, -0.05) is 25.1 Å². The van der Waals surface area contributed by atoms with E-state index in [1.807, 2.05) is 12.1 Å². The Bertz CT molecular complexity index is 525. The average Bonchev–Trinajstić information content (AvgIpc) is 2.43.